The summed E-state index contributed by atoms with van der Waals surface area (Å²) in [6, 6.07) is 7.86. The maximum atomic E-state index is 13.7. The molecule has 0 aliphatic carbocycles. The van der Waals surface area contributed by atoms with Crippen LogP contribution in [0.25, 0.3) is 6.08 Å². The number of hydrogen-bond acceptors (Lipinski definition) is 8. The van der Waals surface area contributed by atoms with Crippen LogP contribution in [-0.4, -0.2) is 53.5 Å². The number of nitrogens with zero attached hydrogens (tertiary/aromatic N) is 4. The predicted octanol–water partition coefficient (Wildman–Crippen LogP) is 5.77. The second-order valence-electron chi connectivity index (χ2n) is 11.3. The van der Waals surface area contributed by atoms with E-state index in [1.165, 1.54) is 11.8 Å². The zero-order valence-electron chi connectivity index (χ0n) is 25.4. The molecule has 2 fully saturated rings. The van der Waals surface area contributed by atoms with E-state index in [9.17, 15) is 14.9 Å². The standard InChI is InChI=1S/C32H40N4O4S2/c1-7-8-12-35-29(34-18-20(2)14-21(3)19-34)24(22(4)25(17-33)30(35)37)16-28-31(38)36(32(41)42-28)13-11-23-9-10-26(39-5)27(15-23)40-6/h9-10,15-16,20-21H,7-8,11-14,18-19H2,1-6H3/b28-16-. The van der Waals surface area contributed by atoms with E-state index in [-0.39, 0.29) is 17.0 Å². The summed E-state index contributed by atoms with van der Waals surface area (Å²) in [4.78, 5) is 31.7. The normalized spacial score (nSPS) is 19.9. The molecule has 3 heterocycles. The number of thioether (sulfide) groups is 1. The molecule has 224 valence electrons. The molecule has 1 aromatic carbocycles. The number of aromatic nitrogens is 1. The second-order valence-corrected chi connectivity index (χ2v) is 13.0. The van der Waals surface area contributed by atoms with E-state index in [1.807, 2.05) is 31.2 Å². The van der Waals surface area contributed by atoms with Crippen molar-refractivity contribution >= 4 is 46.1 Å². The predicted molar refractivity (Wildman–Crippen MR) is 173 cm³/mol. The van der Waals surface area contributed by atoms with Crippen molar-refractivity contribution in [1.82, 2.24) is 9.47 Å². The van der Waals surface area contributed by atoms with Crippen LogP contribution < -0.4 is 19.9 Å². The van der Waals surface area contributed by atoms with Crippen molar-refractivity contribution in [3.63, 3.8) is 0 Å². The highest BCUT2D eigenvalue weighted by Crippen LogP contribution is 2.38. The lowest BCUT2D eigenvalue weighted by Crippen LogP contribution is -2.43. The molecule has 0 saturated carbocycles. The Bertz CT molecular complexity index is 1480. The number of nitriles is 1. The third kappa shape index (κ3) is 6.52. The van der Waals surface area contributed by atoms with Gasteiger partial charge in [0.15, 0.2) is 11.5 Å². The van der Waals surface area contributed by atoms with Gasteiger partial charge in [0.2, 0.25) is 0 Å². The van der Waals surface area contributed by atoms with Gasteiger partial charge in [-0.15, -0.1) is 0 Å². The van der Waals surface area contributed by atoms with Crippen LogP contribution in [0, 0.1) is 30.1 Å². The molecule has 1 aromatic heterocycles. The van der Waals surface area contributed by atoms with Gasteiger partial charge in [-0.2, -0.15) is 5.26 Å². The molecule has 1 amide bonds. The molecule has 2 aliphatic heterocycles. The van der Waals surface area contributed by atoms with Crippen molar-refractivity contribution < 1.29 is 14.3 Å². The van der Waals surface area contributed by atoms with Gasteiger partial charge in [-0.05, 0) is 67.4 Å². The number of methoxy groups -OCH3 is 2. The summed E-state index contributed by atoms with van der Waals surface area (Å²) in [7, 11) is 3.19. The van der Waals surface area contributed by atoms with E-state index < -0.39 is 0 Å². The van der Waals surface area contributed by atoms with Crippen LogP contribution in [0.4, 0.5) is 5.82 Å². The maximum Gasteiger partial charge on any atom is 0.270 e. The van der Waals surface area contributed by atoms with Gasteiger partial charge in [0, 0.05) is 31.7 Å². The number of piperidine rings is 1. The lowest BCUT2D eigenvalue weighted by atomic mass is 9.91. The number of hydrogen-bond donors (Lipinski definition) is 0. The zero-order valence-corrected chi connectivity index (χ0v) is 27.0. The molecule has 4 rings (SSSR count). The number of benzene rings is 1. The Kier molecular flexibility index (Phi) is 10.4. The number of carbonyl (C=O) groups excluding carboxylic acids is 1. The van der Waals surface area contributed by atoms with E-state index in [1.54, 1.807) is 23.7 Å². The second kappa shape index (κ2) is 13.8. The van der Waals surface area contributed by atoms with Crippen molar-refractivity contribution in [2.75, 3.05) is 38.8 Å². The number of anilines is 1. The fraction of sp³-hybridized carbons (Fsp3) is 0.500. The third-order valence-corrected chi connectivity index (χ3v) is 9.35. The Morgan fingerprint density at radius 1 is 1.12 bits per heavy atom. The van der Waals surface area contributed by atoms with Crippen molar-refractivity contribution in [2.45, 2.75) is 59.9 Å². The van der Waals surface area contributed by atoms with E-state index in [4.69, 9.17) is 21.7 Å². The summed E-state index contributed by atoms with van der Waals surface area (Å²) in [5.74, 6) is 2.84. The number of rotatable bonds is 10. The molecule has 0 bridgehead atoms. The van der Waals surface area contributed by atoms with Crippen molar-refractivity contribution in [3.8, 4) is 17.6 Å². The Labute approximate surface area is 258 Å². The highest BCUT2D eigenvalue weighted by atomic mass is 32.2. The first-order valence-electron chi connectivity index (χ1n) is 14.5. The fourth-order valence-corrected chi connectivity index (χ4v) is 7.24. The first-order chi connectivity index (χ1) is 20.1. The largest absolute Gasteiger partial charge is 0.493 e. The van der Waals surface area contributed by atoms with Gasteiger partial charge in [0.1, 0.15) is 21.8 Å². The van der Waals surface area contributed by atoms with Crippen molar-refractivity contribution in [1.29, 1.82) is 5.26 Å². The first-order valence-corrected chi connectivity index (χ1v) is 15.7. The summed E-state index contributed by atoms with van der Waals surface area (Å²) >= 11 is 6.92. The quantitative estimate of drug-likeness (QED) is 0.248. The summed E-state index contributed by atoms with van der Waals surface area (Å²) < 4.78 is 13.0. The van der Waals surface area contributed by atoms with Crippen LogP contribution >= 0.6 is 24.0 Å². The van der Waals surface area contributed by atoms with Gasteiger partial charge in [-0.1, -0.05) is 57.2 Å². The van der Waals surface area contributed by atoms with Crippen LogP contribution in [-0.2, 0) is 17.8 Å². The molecule has 10 heteroatoms. The minimum Gasteiger partial charge on any atom is -0.493 e. The summed E-state index contributed by atoms with van der Waals surface area (Å²) in [6.07, 6.45) is 5.31. The Morgan fingerprint density at radius 2 is 1.81 bits per heavy atom. The van der Waals surface area contributed by atoms with Gasteiger partial charge in [-0.3, -0.25) is 19.1 Å². The molecule has 2 saturated heterocycles. The minimum atomic E-state index is -0.260. The third-order valence-electron chi connectivity index (χ3n) is 7.97. The SMILES string of the molecule is CCCCn1c(N2CC(C)CC(C)C2)c(/C=C2\SC(=S)N(CCc3ccc(OC)c(OC)c3)C2=O)c(C)c(C#N)c1=O. The number of carbonyl (C=O) groups is 1. The van der Waals surface area contributed by atoms with E-state index >= 15 is 0 Å². The topological polar surface area (TPSA) is 87.8 Å². The average Bonchev–Trinajstić information content (AvgIpc) is 3.23. The lowest BCUT2D eigenvalue weighted by molar-refractivity contribution is -0.122. The molecule has 0 spiro atoms. The molecular weight excluding hydrogens is 569 g/mol. The van der Waals surface area contributed by atoms with Gasteiger partial charge in [-0.25, -0.2) is 0 Å². The van der Waals surface area contributed by atoms with Gasteiger partial charge in [0.05, 0.1) is 19.1 Å². The summed E-state index contributed by atoms with van der Waals surface area (Å²) in [5.41, 5.74) is 2.22. The van der Waals surface area contributed by atoms with Crippen LogP contribution in [0.5, 0.6) is 11.5 Å². The highest BCUT2D eigenvalue weighted by molar-refractivity contribution is 8.26. The zero-order chi connectivity index (χ0) is 30.6. The number of thiocarbonyl (C=S) groups is 1. The molecule has 0 radical (unpaired) electrons. The van der Waals surface area contributed by atoms with Crippen LogP contribution in [0.3, 0.4) is 0 Å². The number of ether oxygens (including phenoxy) is 2. The Morgan fingerprint density at radius 3 is 2.43 bits per heavy atom. The molecule has 42 heavy (non-hydrogen) atoms. The lowest BCUT2D eigenvalue weighted by Gasteiger charge is -2.39. The van der Waals surface area contributed by atoms with E-state index in [2.05, 4.69) is 31.7 Å². The highest BCUT2D eigenvalue weighted by Gasteiger charge is 2.34. The summed E-state index contributed by atoms with van der Waals surface area (Å²) in [5, 5.41) is 9.99. The van der Waals surface area contributed by atoms with Gasteiger partial charge < -0.3 is 14.4 Å². The maximum absolute atomic E-state index is 13.7. The van der Waals surface area contributed by atoms with Gasteiger partial charge in [0.25, 0.3) is 11.5 Å². The first kappa shape index (κ1) is 31.6. The van der Waals surface area contributed by atoms with Gasteiger partial charge >= 0.3 is 0 Å². The number of pyridine rings is 1. The molecule has 8 nitrogen and oxygen atoms in total. The monoisotopic (exact) mass is 608 g/mol. The molecule has 2 aromatic rings. The van der Waals surface area contributed by atoms with Crippen molar-refractivity contribution in [2.24, 2.45) is 11.8 Å². The van der Waals surface area contributed by atoms with Crippen LogP contribution in [0.2, 0.25) is 0 Å². The Balaban J connectivity index is 1.73. The smallest absolute Gasteiger partial charge is 0.270 e. The van der Waals surface area contributed by atoms with Crippen LogP contribution in [0.1, 0.15) is 62.3 Å². The van der Waals surface area contributed by atoms with Crippen LogP contribution in [0.15, 0.2) is 27.9 Å². The molecule has 0 N–H and O–H groups in total. The molecular formula is C32H40N4O4S2. The van der Waals surface area contributed by atoms with E-state index in [0.717, 1.165) is 49.3 Å². The molecule has 2 atom stereocenters. The average molecular weight is 609 g/mol. The Hall–Kier alpha value is -3.29. The minimum absolute atomic E-state index is 0.128. The summed E-state index contributed by atoms with van der Waals surface area (Å²) in [6.45, 7) is 10.9. The van der Waals surface area contributed by atoms with E-state index in [0.29, 0.717) is 57.6 Å². The molecule has 2 aliphatic rings. The number of unbranched alkanes of at least 4 members (excludes halogenated alkanes) is 1. The van der Waals surface area contributed by atoms with Crippen molar-refractivity contribution in [3.05, 3.63) is 55.7 Å². The number of amides is 1. The molecule has 2 unspecified atom stereocenters. The fourth-order valence-electron chi connectivity index (χ4n) is 5.95.